The Morgan fingerprint density at radius 2 is 2.00 bits per heavy atom. The second kappa shape index (κ2) is 5.35. The van der Waals surface area contributed by atoms with Crippen LogP contribution in [0.4, 0.5) is 4.79 Å². The Morgan fingerprint density at radius 3 is 2.41 bits per heavy atom. The molecule has 0 aromatic heterocycles. The molecule has 1 aliphatic rings. The largest absolute Gasteiger partial charge is 0.444 e. The standard InChI is InChI=1S/C11H21N3O3/c1-11(2,3)17-10(16)13-6-8(9(12)15)14-7-4-5-7/h7-8,14H,4-6H2,1-3H3,(H2,12,15)(H,13,16). The zero-order chi connectivity index (χ0) is 13.1. The fraction of sp³-hybridized carbons (Fsp3) is 0.818. The van der Waals surface area contributed by atoms with Gasteiger partial charge in [0.15, 0.2) is 0 Å². The number of amides is 2. The van der Waals surface area contributed by atoms with Crippen molar-refractivity contribution < 1.29 is 14.3 Å². The lowest BCUT2D eigenvalue weighted by atomic mass is 10.2. The molecule has 0 aromatic rings. The van der Waals surface area contributed by atoms with Gasteiger partial charge in [0.25, 0.3) is 0 Å². The smallest absolute Gasteiger partial charge is 0.407 e. The van der Waals surface area contributed by atoms with Gasteiger partial charge in [0, 0.05) is 12.6 Å². The molecular weight excluding hydrogens is 222 g/mol. The number of ether oxygens (including phenoxy) is 1. The summed E-state index contributed by atoms with van der Waals surface area (Å²) < 4.78 is 5.06. The molecule has 1 saturated carbocycles. The quantitative estimate of drug-likeness (QED) is 0.639. The first-order valence-electron chi connectivity index (χ1n) is 5.80. The molecule has 1 aliphatic carbocycles. The Kier molecular flexibility index (Phi) is 4.34. The van der Waals surface area contributed by atoms with Gasteiger partial charge in [-0.05, 0) is 33.6 Å². The van der Waals surface area contributed by atoms with E-state index >= 15 is 0 Å². The molecule has 6 nitrogen and oxygen atoms in total. The van der Waals surface area contributed by atoms with Gasteiger partial charge >= 0.3 is 6.09 Å². The van der Waals surface area contributed by atoms with Crippen molar-refractivity contribution in [2.24, 2.45) is 5.73 Å². The van der Waals surface area contributed by atoms with Crippen LogP contribution >= 0.6 is 0 Å². The van der Waals surface area contributed by atoms with Crippen LogP contribution in [0, 0.1) is 0 Å². The van der Waals surface area contributed by atoms with E-state index in [0.29, 0.717) is 6.04 Å². The Bertz CT molecular complexity index is 295. The number of hydrogen-bond acceptors (Lipinski definition) is 4. The van der Waals surface area contributed by atoms with Crippen LogP contribution in [0.3, 0.4) is 0 Å². The van der Waals surface area contributed by atoms with Crippen LogP contribution in [-0.2, 0) is 9.53 Å². The topological polar surface area (TPSA) is 93.4 Å². The van der Waals surface area contributed by atoms with Crippen molar-refractivity contribution in [3.8, 4) is 0 Å². The number of nitrogens with one attached hydrogen (secondary N) is 2. The van der Waals surface area contributed by atoms with E-state index in [-0.39, 0.29) is 6.54 Å². The maximum absolute atomic E-state index is 11.4. The van der Waals surface area contributed by atoms with Crippen LogP contribution in [0.2, 0.25) is 0 Å². The van der Waals surface area contributed by atoms with Crippen molar-refractivity contribution >= 4 is 12.0 Å². The van der Waals surface area contributed by atoms with Crippen LogP contribution in [0.5, 0.6) is 0 Å². The molecule has 1 rings (SSSR count). The molecule has 4 N–H and O–H groups in total. The lowest BCUT2D eigenvalue weighted by molar-refractivity contribution is -0.119. The average Bonchev–Trinajstić information content (AvgIpc) is 2.92. The van der Waals surface area contributed by atoms with E-state index in [9.17, 15) is 9.59 Å². The molecule has 0 aliphatic heterocycles. The number of rotatable bonds is 5. The minimum atomic E-state index is -0.545. The van der Waals surface area contributed by atoms with Crippen molar-refractivity contribution in [3.63, 3.8) is 0 Å². The van der Waals surface area contributed by atoms with Crippen LogP contribution in [-0.4, -0.2) is 36.2 Å². The summed E-state index contributed by atoms with van der Waals surface area (Å²) in [5, 5.41) is 5.59. The number of carbonyl (C=O) groups excluding carboxylic acids is 2. The maximum Gasteiger partial charge on any atom is 0.407 e. The van der Waals surface area contributed by atoms with Crippen molar-refractivity contribution in [2.45, 2.75) is 51.3 Å². The molecule has 2 amide bonds. The van der Waals surface area contributed by atoms with Gasteiger partial charge < -0.3 is 21.1 Å². The number of primary amides is 1. The summed E-state index contributed by atoms with van der Waals surface area (Å²) in [6, 6.07) is -0.178. The lowest BCUT2D eigenvalue weighted by Crippen LogP contribution is -2.50. The minimum Gasteiger partial charge on any atom is -0.444 e. The predicted molar refractivity (Wildman–Crippen MR) is 63.4 cm³/mol. The molecule has 0 bridgehead atoms. The molecule has 1 atom stereocenters. The number of hydrogen-bond donors (Lipinski definition) is 3. The van der Waals surface area contributed by atoms with Gasteiger partial charge in [-0.1, -0.05) is 0 Å². The highest BCUT2D eigenvalue weighted by atomic mass is 16.6. The Hall–Kier alpha value is -1.30. The third-order valence-corrected chi connectivity index (χ3v) is 2.21. The van der Waals surface area contributed by atoms with Crippen molar-refractivity contribution in [3.05, 3.63) is 0 Å². The van der Waals surface area contributed by atoms with Gasteiger partial charge in [-0.3, -0.25) is 4.79 Å². The fourth-order valence-corrected chi connectivity index (χ4v) is 1.28. The number of alkyl carbamates (subject to hydrolysis) is 1. The van der Waals surface area contributed by atoms with Gasteiger partial charge in [0.05, 0.1) is 0 Å². The minimum absolute atomic E-state index is 0.154. The molecule has 1 unspecified atom stereocenters. The van der Waals surface area contributed by atoms with Gasteiger partial charge in [-0.2, -0.15) is 0 Å². The summed E-state index contributed by atoms with van der Waals surface area (Å²) in [5.41, 5.74) is 4.69. The van der Waals surface area contributed by atoms with Crippen molar-refractivity contribution in [1.82, 2.24) is 10.6 Å². The van der Waals surface area contributed by atoms with Crippen LogP contribution in [0.1, 0.15) is 33.6 Å². The van der Waals surface area contributed by atoms with Crippen molar-refractivity contribution in [1.29, 1.82) is 0 Å². The Balaban J connectivity index is 2.30. The molecule has 0 spiro atoms. The second-order valence-electron chi connectivity index (χ2n) is 5.28. The maximum atomic E-state index is 11.4. The third-order valence-electron chi connectivity index (χ3n) is 2.21. The van der Waals surface area contributed by atoms with Gasteiger partial charge in [-0.15, -0.1) is 0 Å². The van der Waals surface area contributed by atoms with Gasteiger partial charge in [-0.25, -0.2) is 4.79 Å². The first-order chi connectivity index (χ1) is 7.78. The highest BCUT2D eigenvalue weighted by molar-refractivity contribution is 5.81. The summed E-state index contributed by atoms with van der Waals surface area (Å²) in [6.07, 6.45) is 1.56. The molecule has 6 heteroatoms. The third kappa shape index (κ3) is 6.11. The van der Waals surface area contributed by atoms with Crippen LogP contribution in [0.15, 0.2) is 0 Å². The summed E-state index contributed by atoms with van der Waals surface area (Å²) in [7, 11) is 0. The number of carbonyl (C=O) groups is 2. The first-order valence-corrected chi connectivity index (χ1v) is 5.80. The lowest BCUT2D eigenvalue weighted by Gasteiger charge is -2.21. The molecular formula is C11H21N3O3. The Labute approximate surface area is 101 Å². The van der Waals surface area contributed by atoms with Crippen molar-refractivity contribution in [2.75, 3.05) is 6.54 Å². The summed E-state index contributed by atoms with van der Waals surface area (Å²) >= 11 is 0. The van der Waals surface area contributed by atoms with Gasteiger partial charge in [0.2, 0.25) is 5.91 Å². The van der Waals surface area contributed by atoms with E-state index < -0.39 is 23.6 Å². The molecule has 0 radical (unpaired) electrons. The normalized spacial score (nSPS) is 17.4. The van der Waals surface area contributed by atoms with E-state index in [1.54, 1.807) is 20.8 Å². The zero-order valence-electron chi connectivity index (χ0n) is 10.6. The molecule has 17 heavy (non-hydrogen) atoms. The van der Waals surface area contributed by atoms with E-state index in [0.717, 1.165) is 12.8 Å². The predicted octanol–water partition coefficient (Wildman–Crippen LogP) is 0.117. The molecule has 0 saturated heterocycles. The Morgan fingerprint density at radius 1 is 1.41 bits per heavy atom. The summed E-state index contributed by atoms with van der Waals surface area (Å²) in [4.78, 5) is 22.5. The van der Waals surface area contributed by atoms with Crippen LogP contribution in [0.25, 0.3) is 0 Å². The van der Waals surface area contributed by atoms with E-state index in [1.807, 2.05) is 0 Å². The molecule has 98 valence electrons. The average molecular weight is 243 g/mol. The molecule has 0 heterocycles. The summed E-state index contributed by atoms with van der Waals surface area (Å²) in [6.45, 7) is 5.49. The summed E-state index contributed by atoms with van der Waals surface area (Å²) in [5.74, 6) is -0.465. The monoisotopic (exact) mass is 243 g/mol. The molecule has 1 fully saturated rings. The first kappa shape index (κ1) is 13.8. The number of nitrogens with two attached hydrogens (primary N) is 1. The van der Waals surface area contributed by atoms with Crippen LogP contribution < -0.4 is 16.4 Å². The van der Waals surface area contributed by atoms with Gasteiger partial charge in [0.1, 0.15) is 11.6 Å². The fourth-order valence-electron chi connectivity index (χ4n) is 1.28. The second-order valence-corrected chi connectivity index (χ2v) is 5.28. The SMILES string of the molecule is CC(C)(C)OC(=O)NCC(NC1CC1)C(N)=O. The van der Waals surface area contributed by atoms with E-state index in [2.05, 4.69) is 10.6 Å². The van der Waals surface area contributed by atoms with E-state index in [4.69, 9.17) is 10.5 Å². The highest BCUT2D eigenvalue weighted by Crippen LogP contribution is 2.19. The zero-order valence-corrected chi connectivity index (χ0v) is 10.6. The highest BCUT2D eigenvalue weighted by Gasteiger charge is 2.27. The van der Waals surface area contributed by atoms with E-state index in [1.165, 1.54) is 0 Å². The molecule has 0 aromatic carbocycles.